The molecule has 4 rings (SSSR count). The van der Waals surface area contributed by atoms with Crippen LogP contribution in [0.15, 0.2) is 45.7 Å². The van der Waals surface area contributed by atoms with Crippen molar-refractivity contribution in [2.75, 3.05) is 0 Å². The fraction of sp³-hybridized carbons (Fsp3) is 0.133. The Bertz CT molecular complexity index is 993. The first-order valence-electron chi connectivity index (χ1n) is 7.00. The number of thiazole rings is 1. The molecule has 0 atom stereocenters. The van der Waals surface area contributed by atoms with Crippen LogP contribution in [0.2, 0.25) is 0 Å². The molecule has 0 radical (unpaired) electrons. The minimum absolute atomic E-state index is 0.130. The van der Waals surface area contributed by atoms with Gasteiger partial charge in [0.05, 0.1) is 11.0 Å². The van der Waals surface area contributed by atoms with Crippen molar-refractivity contribution in [2.24, 2.45) is 0 Å². The zero-order valence-electron chi connectivity index (χ0n) is 12.2. The molecular formula is C15H13N5OS2. The molecule has 6 nitrogen and oxygen atoms in total. The van der Waals surface area contributed by atoms with E-state index in [-0.39, 0.29) is 5.56 Å². The van der Waals surface area contributed by atoms with E-state index in [9.17, 15) is 4.79 Å². The number of H-pyrrole nitrogens is 2. The number of thioether (sulfide) groups is 1. The van der Waals surface area contributed by atoms with Crippen LogP contribution in [0.25, 0.3) is 17.0 Å². The Morgan fingerprint density at radius 2 is 2.22 bits per heavy atom. The maximum absolute atomic E-state index is 12.2. The first kappa shape index (κ1) is 14.3. The standard InChI is InChI=1S/C15H13N5OS2/c1-9-7-16-15(23-9)22-8-10-6-13(21)20(19-10)14-17-11-4-2-3-5-12(11)18-14/h2-7,19H,8H2,1H3,(H,17,18). The molecule has 0 saturated carbocycles. The van der Waals surface area contributed by atoms with E-state index in [4.69, 9.17) is 0 Å². The maximum atomic E-state index is 12.2. The van der Waals surface area contributed by atoms with Crippen LogP contribution in [0.1, 0.15) is 10.6 Å². The van der Waals surface area contributed by atoms with E-state index >= 15 is 0 Å². The van der Waals surface area contributed by atoms with Crippen molar-refractivity contribution in [3.05, 3.63) is 57.5 Å². The Morgan fingerprint density at radius 3 is 3.00 bits per heavy atom. The predicted octanol–water partition coefficient (Wildman–Crippen LogP) is 3.10. The number of para-hydroxylation sites is 2. The molecule has 1 aromatic carbocycles. The Labute approximate surface area is 139 Å². The number of hydrogen-bond donors (Lipinski definition) is 2. The zero-order valence-corrected chi connectivity index (χ0v) is 13.9. The van der Waals surface area contributed by atoms with E-state index in [1.165, 1.54) is 9.56 Å². The van der Waals surface area contributed by atoms with Crippen molar-refractivity contribution in [3.63, 3.8) is 0 Å². The molecule has 0 aliphatic rings. The second-order valence-electron chi connectivity index (χ2n) is 5.06. The molecule has 3 heterocycles. The third-order valence-electron chi connectivity index (χ3n) is 3.31. The van der Waals surface area contributed by atoms with Gasteiger partial charge in [-0.15, -0.1) is 11.3 Å². The lowest BCUT2D eigenvalue weighted by molar-refractivity contribution is 0.789. The van der Waals surface area contributed by atoms with Gasteiger partial charge in [0.1, 0.15) is 4.34 Å². The highest BCUT2D eigenvalue weighted by Crippen LogP contribution is 2.26. The number of aryl methyl sites for hydroxylation is 1. The number of hydrogen-bond acceptors (Lipinski definition) is 5. The van der Waals surface area contributed by atoms with Crippen LogP contribution in [0, 0.1) is 6.92 Å². The lowest BCUT2D eigenvalue weighted by atomic mass is 10.3. The Morgan fingerprint density at radius 1 is 1.35 bits per heavy atom. The first-order valence-corrected chi connectivity index (χ1v) is 8.80. The van der Waals surface area contributed by atoms with Gasteiger partial charge in [0.25, 0.3) is 5.56 Å². The average molecular weight is 343 g/mol. The lowest BCUT2D eigenvalue weighted by Gasteiger charge is -1.97. The molecule has 4 aromatic rings. The number of benzene rings is 1. The topological polar surface area (TPSA) is 79.4 Å². The third-order valence-corrected chi connectivity index (χ3v) is 5.43. The van der Waals surface area contributed by atoms with Crippen molar-refractivity contribution in [1.82, 2.24) is 24.7 Å². The van der Waals surface area contributed by atoms with Gasteiger partial charge in [0.2, 0.25) is 5.95 Å². The van der Waals surface area contributed by atoms with E-state index in [0.29, 0.717) is 11.7 Å². The van der Waals surface area contributed by atoms with Gasteiger partial charge in [-0.2, -0.15) is 4.68 Å². The van der Waals surface area contributed by atoms with Crippen LogP contribution >= 0.6 is 23.1 Å². The van der Waals surface area contributed by atoms with Crippen molar-refractivity contribution in [3.8, 4) is 5.95 Å². The number of nitrogens with one attached hydrogen (secondary N) is 2. The van der Waals surface area contributed by atoms with Gasteiger partial charge < -0.3 is 4.98 Å². The van der Waals surface area contributed by atoms with Crippen molar-refractivity contribution in [2.45, 2.75) is 17.0 Å². The largest absolute Gasteiger partial charge is 0.322 e. The number of rotatable bonds is 4. The summed E-state index contributed by atoms with van der Waals surface area (Å²) in [5, 5.41) is 3.10. The van der Waals surface area contributed by atoms with Gasteiger partial charge in [-0.05, 0) is 19.1 Å². The molecule has 0 spiro atoms. The number of imidazole rings is 1. The van der Waals surface area contributed by atoms with Gasteiger partial charge in [0, 0.05) is 28.6 Å². The summed E-state index contributed by atoms with van der Waals surface area (Å²) in [5.41, 5.74) is 2.44. The SMILES string of the molecule is Cc1cnc(SCc2cc(=O)n(-c3nc4ccccc4[nH]3)[nH]2)s1. The van der Waals surface area contributed by atoms with E-state index in [1.807, 2.05) is 37.4 Å². The molecule has 2 N–H and O–H groups in total. The van der Waals surface area contributed by atoms with Gasteiger partial charge in [0.15, 0.2) is 0 Å². The van der Waals surface area contributed by atoms with Gasteiger partial charge in [-0.3, -0.25) is 9.89 Å². The number of fused-ring (bicyclic) bond motifs is 1. The first-order chi connectivity index (χ1) is 11.2. The summed E-state index contributed by atoms with van der Waals surface area (Å²) in [5.74, 6) is 1.16. The van der Waals surface area contributed by atoms with Gasteiger partial charge >= 0.3 is 0 Å². The maximum Gasteiger partial charge on any atom is 0.274 e. The molecule has 23 heavy (non-hydrogen) atoms. The van der Waals surface area contributed by atoms with Crippen LogP contribution in [0.5, 0.6) is 0 Å². The van der Waals surface area contributed by atoms with Crippen LogP contribution in [0.3, 0.4) is 0 Å². The molecule has 0 amide bonds. The van der Waals surface area contributed by atoms with Crippen molar-refractivity contribution in [1.29, 1.82) is 0 Å². The molecular weight excluding hydrogens is 330 g/mol. The average Bonchev–Trinajstić information content (AvgIpc) is 3.23. The summed E-state index contributed by atoms with van der Waals surface area (Å²) in [6.07, 6.45) is 1.86. The second kappa shape index (κ2) is 5.71. The van der Waals surface area contributed by atoms with Gasteiger partial charge in [-0.25, -0.2) is 9.97 Å². The Hall–Kier alpha value is -2.32. The molecule has 3 aromatic heterocycles. The summed E-state index contributed by atoms with van der Waals surface area (Å²) >= 11 is 3.26. The molecule has 0 bridgehead atoms. The second-order valence-corrected chi connectivity index (χ2v) is 7.52. The summed E-state index contributed by atoms with van der Waals surface area (Å²) in [6, 6.07) is 9.29. The summed E-state index contributed by atoms with van der Waals surface area (Å²) in [4.78, 5) is 25.3. The Kier molecular flexibility index (Phi) is 3.55. The fourth-order valence-electron chi connectivity index (χ4n) is 2.26. The highest BCUT2D eigenvalue weighted by Gasteiger charge is 2.10. The number of aromatic amines is 2. The number of aromatic nitrogens is 5. The van der Waals surface area contributed by atoms with E-state index in [1.54, 1.807) is 29.2 Å². The van der Waals surface area contributed by atoms with Crippen LogP contribution in [-0.4, -0.2) is 24.7 Å². The number of nitrogens with zero attached hydrogens (tertiary/aromatic N) is 3. The van der Waals surface area contributed by atoms with E-state index in [0.717, 1.165) is 21.1 Å². The molecule has 0 saturated heterocycles. The molecule has 0 aliphatic heterocycles. The quantitative estimate of drug-likeness (QED) is 0.558. The van der Waals surface area contributed by atoms with Crippen LogP contribution < -0.4 is 5.56 Å². The molecule has 0 unspecified atom stereocenters. The lowest BCUT2D eigenvalue weighted by Crippen LogP contribution is -2.14. The van der Waals surface area contributed by atoms with Gasteiger partial charge in [-0.1, -0.05) is 23.9 Å². The molecule has 0 fully saturated rings. The molecule has 116 valence electrons. The van der Waals surface area contributed by atoms with Crippen LogP contribution in [0.4, 0.5) is 0 Å². The summed E-state index contributed by atoms with van der Waals surface area (Å²) in [6.45, 7) is 2.03. The highest BCUT2D eigenvalue weighted by atomic mass is 32.2. The van der Waals surface area contributed by atoms with Crippen molar-refractivity contribution < 1.29 is 0 Å². The molecule has 8 heteroatoms. The summed E-state index contributed by atoms with van der Waals surface area (Å²) < 4.78 is 2.43. The van der Waals surface area contributed by atoms with Crippen LogP contribution in [-0.2, 0) is 5.75 Å². The molecule has 0 aliphatic carbocycles. The smallest absolute Gasteiger partial charge is 0.274 e. The fourth-order valence-corrected chi connectivity index (χ4v) is 4.11. The highest BCUT2D eigenvalue weighted by molar-refractivity contribution is 8.00. The van der Waals surface area contributed by atoms with Crippen molar-refractivity contribution >= 4 is 34.1 Å². The monoisotopic (exact) mass is 343 g/mol. The zero-order chi connectivity index (χ0) is 15.8. The Balaban J connectivity index is 1.60. The minimum atomic E-state index is -0.130. The van der Waals surface area contributed by atoms with E-state index in [2.05, 4.69) is 20.1 Å². The normalized spacial score (nSPS) is 11.3. The minimum Gasteiger partial charge on any atom is -0.322 e. The van der Waals surface area contributed by atoms with E-state index < -0.39 is 0 Å². The summed E-state index contributed by atoms with van der Waals surface area (Å²) in [7, 11) is 0. The predicted molar refractivity (Wildman–Crippen MR) is 92.5 cm³/mol. The third kappa shape index (κ3) is 2.82.